The van der Waals surface area contributed by atoms with Gasteiger partial charge in [0.2, 0.25) is 0 Å². The van der Waals surface area contributed by atoms with Crippen molar-refractivity contribution >= 4 is 17.5 Å². The van der Waals surface area contributed by atoms with Crippen LogP contribution in [0.4, 0.5) is 0 Å². The van der Waals surface area contributed by atoms with Crippen molar-refractivity contribution in [3.05, 3.63) is 29.3 Å². The Morgan fingerprint density at radius 3 is 2.76 bits per heavy atom. The second-order valence-electron chi connectivity index (χ2n) is 5.57. The third-order valence-electron chi connectivity index (χ3n) is 3.74. The van der Waals surface area contributed by atoms with E-state index in [1.165, 1.54) is 0 Å². The SMILES string of the molecule is CN(CCCOc1ccc(Cl)cc1)C(=O)[C@]1(C)CCCO1. The van der Waals surface area contributed by atoms with E-state index in [-0.39, 0.29) is 5.91 Å². The van der Waals surface area contributed by atoms with Gasteiger partial charge in [-0.2, -0.15) is 0 Å². The van der Waals surface area contributed by atoms with E-state index in [9.17, 15) is 4.79 Å². The molecule has 0 aromatic heterocycles. The van der Waals surface area contributed by atoms with E-state index >= 15 is 0 Å². The molecule has 0 saturated carbocycles. The minimum atomic E-state index is -0.633. The fraction of sp³-hybridized carbons (Fsp3) is 0.562. The predicted octanol–water partition coefficient (Wildman–Crippen LogP) is 3.14. The zero-order valence-electron chi connectivity index (χ0n) is 12.6. The van der Waals surface area contributed by atoms with Crippen molar-refractivity contribution in [1.29, 1.82) is 0 Å². The van der Waals surface area contributed by atoms with Gasteiger partial charge in [0.1, 0.15) is 11.4 Å². The van der Waals surface area contributed by atoms with Crippen LogP contribution in [0, 0.1) is 0 Å². The molecule has 0 N–H and O–H groups in total. The maximum atomic E-state index is 12.3. The average molecular weight is 312 g/mol. The number of carbonyl (C=O) groups is 1. The Kier molecular flexibility index (Phi) is 5.48. The van der Waals surface area contributed by atoms with Gasteiger partial charge in [0.05, 0.1) is 6.61 Å². The molecular formula is C16H22ClNO3. The van der Waals surface area contributed by atoms with Crippen LogP contribution in [0.25, 0.3) is 0 Å². The van der Waals surface area contributed by atoms with Crippen molar-refractivity contribution in [1.82, 2.24) is 4.90 Å². The summed E-state index contributed by atoms with van der Waals surface area (Å²) in [5, 5.41) is 0.692. The van der Waals surface area contributed by atoms with Crippen molar-refractivity contribution in [3.8, 4) is 5.75 Å². The number of hydrogen-bond donors (Lipinski definition) is 0. The first-order chi connectivity index (χ1) is 10.0. The molecule has 1 amide bonds. The first-order valence-corrected chi connectivity index (χ1v) is 7.67. The lowest BCUT2D eigenvalue weighted by atomic mass is 10.0. The lowest BCUT2D eigenvalue weighted by Gasteiger charge is -2.28. The van der Waals surface area contributed by atoms with Gasteiger partial charge in [0.15, 0.2) is 0 Å². The molecule has 5 heteroatoms. The number of hydrogen-bond acceptors (Lipinski definition) is 3. The number of nitrogens with zero attached hydrogens (tertiary/aromatic N) is 1. The largest absolute Gasteiger partial charge is 0.494 e. The zero-order chi connectivity index (χ0) is 15.3. The van der Waals surface area contributed by atoms with Crippen LogP contribution in [-0.4, -0.2) is 43.2 Å². The van der Waals surface area contributed by atoms with Crippen LogP contribution < -0.4 is 4.74 Å². The van der Waals surface area contributed by atoms with Crippen LogP contribution >= 0.6 is 11.6 Å². The molecule has 0 bridgehead atoms. The molecule has 0 spiro atoms. The fourth-order valence-electron chi connectivity index (χ4n) is 2.48. The van der Waals surface area contributed by atoms with Gasteiger partial charge < -0.3 is 14.4 Å². The minimum absolute atomic E-state index is 0.0616. The van der Waals surface area contributed by atoms with Gasteiger partial charge in [-0.1, -0.05) is 11.6 Å². The molecule has 1 atom stereocenters. The van der Waals surface area contributed by atoms with Crippen molar-refractivity contribution in [2.45, 2.75) is 31.8 Å². The highest BCUT2D eigenvalue weighted by Crippen LogP contribution is 2.26. The van der Waals surface area contributed by atoms with Gasteiger partial charge >= 0.3 is 0 Å². The summed E-state index contributed by atoms with van der Waals surface area (Å²) < 4.78 is 11.2. The average Bonchev–Trinajstić information content (AvgIpc) is 2.92. The minimum Gasteiger partial charge on any atom is -0.494 e. The molecule has 0 unspecified atom stereocenters. The molecular weight excluding hydrogens is 290 g/mol. The first kappa shape index (κ1) is 16.1. The van der Waals surface area contributed by atoms with Gasteiger partial charge in [-0.05, 0) is 50.5 Å². The van der Waals surface area contributed by atoms with Crippen LogP contribution in [0.15, 0.2) is 24.3 Å². The summed E-state index contributed by atoms with van der Waals surface area (Å²) in [7, 11) is 1.82. The van der Waals surface area contributed by atoms with Gasteiger partial charge in [-0.3, -0.25) is 4.79 Å². The lowest BCUT2D eigenvalue weighted by Crippen LogP contribution is -2.45. The molecule has 0 aliphatic carbocycles. The Morgan fingerprint density at radius 2 is 2.14 bits per heavy atom. The third-order valence-corrected chi connectivity index (χ3v) is 3.99. The van der Waals surface area contributed by atoms with E-state index in [1.807, 2.05) is 26.1 Å². The van der Waals surface area contributed by atoms with E-state index in [1.54, 1.807) is 17.0 Å². The normalized spacial score (nSPS) is 21.3. The topological polar surface area (TPSA) is 38.8 Å². The van der Waals surface area contributed by atoms with Crippen LogP contribution in [0.1, 0.15) is 26.2 Å². The van der Waals surface area contributed by atoms with E-state index in [0.29, 0.717) is 24.8 Å². The van der Waals surface area contributed by atoms with Crippen molar-refractivity contribution in [2.24, 2.45) is 0 Å². The summed E-state index contributed by atoms with van der Waals surface area (Å²) in [6.07, 6.45) is 2.54. The standard InChI is InChI=1S/C16H22ClNO3/c1-16(9-3-12-21-16)15(19)18(2)10-4-11-20-14-7-5-13(17)6-8-14/h5-8H,3-4,9-12H2,1-2H3/t16-/m0/s1. The van der Waals surface area contributed by atoms with Crippen molar-refractivity contribution in [2.75, 3.05) is 26.8 Å². The number of rotatable bonds is 6. The monoisotopic (exact) mass is 311 g/mol. The maximum absolute atomic E-state index is 12.3. The lowest BCUT2D eigenvalue weighted by molar-refractivity contribution is -0.149. The molecule has 1 aliphatic heterocycles. The molecule has 1 fully saturated rings. The van der Waals surface area contributed by atoms with Crippen LogP contribution in [0.2, 0.25) is 5.02 Å². The van der Waals surface area contributed by atoms with Gasteiger partial charge in [0, 0.05) is 25.2 Å². The summed E-state index contributed by atoms with van der Waals surface area (Å²) in [5.41, 5.74) is -0.633. The fourth-order valence-corrected chi connectivity index (χ4v) is 2.60. The summed E-state index contributed by atoms with van der Waals surface area (Å²) in [6.45, 7) is 3.78. The van der Waals surface area contributed by atoms with Crippen molar-refractivity contribution in [3.63, 3.8) is 0 Å². The second-order valence-corrected chi connectivity index (χ2v) is 6.00. The molecule has 116 valence electrons. The zero-order valence-corrected chi connectivity index (χ0v) is 13.4. The van der Waals surface area contributed by atoms with E-state index in [0.717, 1.165) is 25.0 Å². The maximum Gasteiger partial charge on any atom is 0.254 e. The Labute approximate surface area is 131 Å². The molecule has 1 aromatic rings. The van der Waals surface area contributed by atoms with Crippen LogP contribution in [0.3, 0.4) is 0 Å². The highest BCUT2D eigenvalue weighted by molar-refractivity contribution is 6.30. The number of carbonyl (C=O) groups excluding carboxylic acids is 1. The van der Waals surface area contributed by atoms with E-state index in [2.05, 4.69) is 0 Å². The molecule has 0 radical (unpaired) electrons. The predicted molar refractivity (Wildman–Crippen MR) is 82.8 cm³/mol. The number of likely N-dealkylation sites (N-methyl/N-ethyl adjacent to an activating group) is 1. The van der Waals surface area contributed by atoms with Gasteiger partial charge in [0.25, 0.3) is 5.91 Å². The molecule has 1 aromatic carbocycles. The summed E-state index contributed by atoms with van der Waals surface area (Å²) in [6, 6.07) is 7.27. The molecule has 1 saturated heterocycles. The Morgan fingerprint density at radius 1 is 1.43 bits per heavy atom. The third kappa shape index (κ3) is 4.35. The van der Waals surface area contributed by atoms with Crippen LogP contribution in [0.5, 0.6) is 5.75 Å². The number of benzene rings is 1. The van der Waals surface area contributed by atoms with E-state index < -0.39 is 5.60 Å². The molecule has 1 heterocycles. The van der Waals surface area contributed by atoms with Gasteiger partial charge in [-0.25, -0.2) is 0 Å². The van der Waals surface area contributed by atoms with Gasteiger partial charge in [-0.15, -0.1) is 0 Å². The number of halogens is 1. The quantitative estimate of drug-likeness (QED) is 0.758. The molecule has 4 nitrogen and oxygen atoms in total. The van der Waals surface area contributed by atoms with Crippen LogP contribution in [-0.2, 0) is 9.53 Å². The Hall–Kier alpha value is -1.26. The summed E-state index contributed by atoms with van der Waals surface area (Å²) >= 11 is 5.81. The Bertz CT molecular complexity index is 469. The summed E-state index contributed by atoms with van der Waals surface area (Å²) in [5.74, 6) is 0.853. The number of amides is 1. The molecule has 21 heavy (non-hydrogen) atoms. The molecule has 2 rings (SSSR count). The summed E-state index contributed by atoms with van der Waals surface area (Å²) in [4.78, 5) is 14.0. The smallest absolute Gasteiger partial charge is 0.254 e. The molecule has 1 aliphatic rings. The highest BCUT2D eigenvalue weighted by atomic mass is 35.5. The first-order valence-electron chi connectivity index (χ1n) is 7.29. The van der Waals surface area contributed by atoms with E-state index in [4.69, 9.17) is 21.1 Å². The number of ether oxygens (including phenoxy) is 2. The highest BCUT2D eigenvalue weighted by Gasteiger charge is 2.39. The van der Waals surface area contributed by atoms with Crippen molar-refractivity contribution < 1.29 is 14.3 Å². The second kappa shape index (κ2) is 7.14. The Balaban J connectivity index is 1.70.